The summed E-state index contributed by atoms with van der Waals surface area (Å²) in [4.78, 5) is 0. The molecule has 2 bridgehead atoms. The van der Waals surface area contributed by atoms with E-state index < -0.39 is 0 Å². The van der Waals surface area contributed by atoms with Crippen molar-refractivity contribution in [2.45, 2.75) is 138 Å². The van der Waals surface area contributed by atoms with E-state index in [1.54, 1.807) is 0 Å². The van der Waals surface area contributed by atoms with Gasteiger partial charge in [-0.3, -0.25) is 0 Å². The fourth-order valence-corrected chi connectivity index (χ4v) is 10.8. The Kier molecular flexibility index (Phi) is 4.82. The van der Waals surface area contributed by atoms with Gasteiger partial charge in [0.25, 0.3) is 0 Å². The van der Waals surface area contributed by atoms with Crippen molar-refractivity contribution in [2.75, 3.05) is 0 Å². The molecule has 3 aliphatic carbocycles. The molecule has 5 fully saturated rings. The maximum absolute atomic E-state index is 7.04. The molecule has 2 heterocycles. The smallest absolute Gasteiger partial charge is 0.0721 e. The van der Waals surface area contributed by atoms with Gasteiger partial charge in [-0.2, -0.15) is 0 Å². The highest BCUT2D eigenvalue weighted by Gasteiger charge is 2.76. The zero-order chi connectivity index (χ0) is 22.5. The van der Waals surface area contributed by atoms with Crippen LogP contribution in [0.1, 0.15) is 126 Å². The third kappa shape index (κ3) is 2.77. The van der Waals surface area contributed by atoms with Crippen LogP contribution >= 0.6 is 0 Å². The standard InChI is InChI=1S/C30H50O/c1-21(2)10-9-14-26(5)16-18-28(7)23-12-11-22-25(3,4)24-13-15-29(8,31-24)30(22,23)19-17-27(28,6)20-26/h10,22-24H,9,11-20H2,1-8H3/t22-,23+,24-,26+,27-,28+,29+,30-/m0/s1. The number of hydrogen-bond acceptors (Lipinski definition) is 1. The van der Waals surface area contributed by atoms with Gasteiger partial charge in [-0.15, -0.1) is 0 Å². The van der Waals surface area contributed by atoms with Gasteiger partial charge in [0.1, 0.15) is 0 Å². The predicted octanol–water partition coefficient (Wildman–Crippen LogP) is 8.72. The summed E-state index contributed by atoms with van der Waals surface area (Å²) in [6.07, 6.45) is 18.3. The van der Waals surface area contributed by atoms with Crippen molar-refractivity contribution in [3.05, 3.63) is 11.6 Å². The van der Waals surface area contributed by atoms with Crippen LogP contribution in [0.2, 0.25) is 0 Å². The zero-order valence-electron chi connectivity index (χ0n) is 22.0. The molecule has 0 aromatic carbocycles. The molecule has 0 radical (unpaired) electrons. The molecule has 0 amide bonds. The number of rotatable bonds is 3. The van der Waals surface area contributed by atoms with Crippen LogP contribution in [-0.4, -0.2) is 11.7 Å². The first-order chi connectivity index (χ1) is 14.3. The molecule has 5 rings (SSSR count). The molecule has 3 saturated carbocycles. The molecule has 2 aliphatic heterocycles. The number of allylic oxidation sites excluding steroid dienone is 2. The maximum Gasteiger partial charge on any atom is 0.0721 e. The number of hydrogen-bond donors (Lipinski definition) is 0. The summed E-state index contributed by atoms with van der Waals surface area (Å²) >= 11 is 0. The van der Waals surface area contributed by atoms with E-state index in [0.717, 1.165) is 11.8 Å². The molecule has 8 atom stereocenters. The summed E-state index contributed by atoms with van der Waals surface area (Å²) in [5, 5.41) is 0. The van der Waals surface area contributed by atoms with Crippen LogP contribution in [-0.2, 0) is 4.74 Å². The Balaban J connectivity index is 1.48. The summed E-state index contributed by atoms with van der Waals surface area (Å²) < 4.78 is 7.04. The lowest BCUT2D eigenvalue weighted by molar-refractivity contribution is -0.287. The van der Waals surface area contributed by atoms with E-state index in [-0.39, 0.29) is 5.60 Å². The van der Waals surface area contributed by atoms with Crippen molar-refractivity contribution < 1.29 is 4.74 Å². The molecule has 0 N–H and O–H groups in total. The summed E-state index contributed by atoms with van der Waals surface area (Å²) in [6.45, 7) is 20.2. The predicted molar refractivity (Wildman–Crippen MR) is 131 cm³/mol. The van der Waals surface area contributed by atoms with Gasteiger partial charge in [0.2, 0.25) is 0 Å². The molecule has 1 spiro atoms. The minimum atomic E-state index is 0.132. The van der Waals surface area contributed by atoms with E-state index in [9.17, 15) is 0 Å². The largest absolute Gasteiger partial charge is 0.371 e. The Morgan fingerprint density at radius 1 is 0.839 bits per heavy atom. The third-order valence-corrected chi connectivity index (χ3v) is 12.6. The van der Waals surface area contributed by atoms with E-state index in [0.29, 0.717) is 33.2 Å². The topological polar surface area (TPSA) is 9.23 Å². The Hall–Kier alpha value is -0.300. The van der Waals surface area contributed by atoms with Crippen LogP contribution in [0.5, 0.6) is 0 Å². The minimum Gasteiger partial charge on any atom is -0.371 e. The fraction of sp³-hybridized carbons (Fsp3) is 0.933. The first-order valence-corrected chi connectivity index (χ1v) is 13.6. The molecule has 5 aliphatic rings. The van der Waals surface area contributed by atoms with Crippen molar-refractivity contribution >= 4 is 0 Å². The molecule has 2 saturated heterocycles. The van der Waals surface area contributed by atoms with Crippen LogP contribution < -0.4 is 0 Å². The van der Waals surface area contributed by atoms with E-state index >= 15 is 0 Å². The highest BCUT2D eigenvalue weighted by Crippen LogP contribution is 2.80. The third-order valence-electron chi connectivity index (χ3n) is 12.6. The van der Waals surface area contributed by atoms with Crippen molar-refractivity contribution in [3.63, 3.8) is 0 Å². The second-order valence-corrected chi connectivity index (χ2v) is 14.7. The quantitative estimate of drug-likeness (QED) is 0.410. The van der Waals surface area contributed by atoms with Crippen molar-refractivity contribution in [1.29, 1.82) is 0 Å². The zero-order valence-corrected chi connectivity index (χ0v) is 22.0. The van der Waals surface area contributed by atoms with Gasteiger partial charge in [-0.1, -0.05) is 46.3 Å². The van der Waals surface area contributed by atoms with Crippen molar-refractivity contribution in [3.8, 4) is 0 Å². The molecule has 1 nitrogen and oxygen atoms in total. The lowest BCUT2D eigenvalue weighted by Crippen LogP contribution is -2.68. The number of ether oxygens (including phenoxy) is 1. The Labute approximate surface area is 193 Å². The summed E-state index contributed by atoms with van der Waals surface area (Å²) in [7, 11) is 0. The fourth-order valence-electron chi connectivity index (χ4n) is 10.8. The van der Waals surface area contributed by atoms with Crippen LogP contribution in [0.15, 0.2) is 11.6 Å². The molecule has 0 unspecified atom stereocenters. The van der Waals surface area contributed by atoms with Crippen molar-refractivity contribution in [2.24, 2.45) is 38.9 Å². The summed E-state index contributed by atoms with van der Waals surface area (Å²) in [5.41, 5.74) is 3.88. The molecule has 0 aromatic rings. The average molecular weight is 427 g/mol. The average Bonchev–Trinajstić information content (AvgIpc) is 3.26. The van der Waals surface area contributed by atoms with Gasteiger partial charge >= 0.3 is 0 Å². The molecular formula is C30H50O. The normalized spacial score (nSPS) is 54.6. The van der Waals surface area contributed by atoms with Crippen LogP contribution in [0.3, 0.4) is 0 Å². The van der Waals surface area contributed by atoms with Crippen LogP contribution in [0.4, 0.5) is 0 Å². The van der Waals surface area contributed by atoms with Crippen LogP contribution in [0, 0.1) is 38.9 Å². The number of fused-ring (bicyclic) bond motifs is 4. The van der Waals surface area contributed by atoms with E-state index in [2.05, 4.69) is 61.5 Å². The second-order valence-electron chi connectivity index (χ2n) is 14.7. The first kappa shape index (κ1) is 22.5. The molecule has 1 heteroatoms. The monoisotopic (exact) mass is 426 g/mol. The van der Waals surface area contributed by atoms with Gasteiger partial charge < -0.3 is 4.74 Å². The van der Waals surface area contributed by atoms with Gasteiger partial charge in [0.05, 0.1) is 11.7 Å². The summed E-state index contributed by atoms with van der Waals surface area (Å²) in [6, 6.07) is 0. The lowest BCUT2D eigenvalue weighted by Gasteiger charge is -2.71. The molecule has 31 heavy (non-hydrogen) atoms. The minimum absolute atomic E-state index is 0.132. The molecular weight excluding hydrogens is 376 g/mol. The maximum atomic E-state index is 7.04. The first-order valence-electron chi connectivity index (χ1n) is 13.6. The molecule has 176 valence electrons. The second kappa shape index (κ2) is 6.64. The van der Waals surface area contributed by atoms with Gasteiger partial charge in [0.15, 0.2) is 0 Å². The van der Waals surface area contributed by atoms with E-state index in [1.165, 1.54) is 76.2 Å². The highest BCUT2D eigenvalue weighted by molar-refractivity contribution is 5.25. The Bertz CT molecular complexity index is 775. The van der Waals surface area contributed by atoms with E-state index in [4.69, 9.17) is 4.74 Å². The Morgan fingerprint density at radius 3 is 2.26 bits per heavy atom. The van der Waals surface area contributed by atoms with Gasteiger partial charge in [0, 0.05) is 5.41 Å². The lowest BCUT2D eigenvalue weighted by atomic mass is 9.36. The van der Waals surface area contributed by atoms with Crippen molar-refractivity contribution in [1.82, 2.24) is 0 Å². The van der Waals surface area contributed by atoms with Gasteiger partial charge in [-0.25, -0.2) is 0 Å². The molecule has 0 aromatic heterocycles. The highest BCUT2D eigenvalue weighted by atomic mass is 16.5. The van der Waals surface area contributed by atoms with Crippen LogP contribution in [0.25, 0.3) is 0 Å². The SMILES string of the molecule is CC(C)=CCC[C@]1(C)CC[C@]2(C)[C@H]3CC[C@H]4C(C)(C)[C@@H]5CC[C@@](C)(O5)[C@@]43CC[C@@]2(C)C1. The summed E-state index contributed by atoms with van der Waals surface area (Å²) in [5.74, 6) is 1.72. The van der Waals surface area contributed by atoms with E-state index in [1.807, 2.05) is 0 Å². The van der Waals surface area contributed by atoms with Gasteiger partial charge in [-0.05, 0) is 125 Å². The Morgan fingerprint density at radius 2 is 1.55 bits per heavy atom.